The average molecular weight is 345 g/mol. The summed E-state index contributed by atoms with van der Waals surface area (Å²) in [5.41, 5.74) is 3.73. The summed E-state index contributed by atoms with van der Waals surface area (Å²) in [6, 6.07) is 10.1. The van der Waals surface area contributed by atoms with E-state index >= 15 is 0 Å². The van der Waals surface area contributed by atoms with Crippen molar-refractivity contribution in [2.45, 2.75) is 24.8 Å². The average Bonchev–Trinajstić information content (AvgIpc) is 2.94. The zero-order valence-corrected chi connectivity index (χ0v) is 14.3. The smallest absolute Gasteiger partial charge is 0.240 e. The highest BCUT2D eigenvalue weighted by molar-refractivity contribution is 7.89. The van der Waals surface area contributed by atoms with E-state index in [-0.39, 0.29) is 11.5 Å². The summed E-state index contributed by atoms with van der Waals surface area (Å²) >= 11 is 0. The molecule has 1 atom stereocenters. The first-order valence-corrected chi connectivity index (χ1v) is 9.07. The molecule has 24 heavy (non-hydrogen) atoms. The summed E-state index contributed by atoms with van der Waals surface area (Å²) < 4.78 is 26.9. The maximum atomic E-state index is 12.2. The van der Waals surface area contributed by atoms with Gasteiger partial charge in [-0.15, -0.1) is 0 Å². The van der Waals surface area contributed by atoms with Crippen LogP contribution in [0.2, 0.25) is 0 Å². The maximum Gasteiger partial charge on any atom is 0.240 e. The summed E-state index contributed by atoms with van der Waals surface area (Å²) in [5, 5.41) is 10.0. The number of aromatic nitrogens is 2. The number of aliphatic hydroxyl groups excluding tert-OH is 1. The lowest BCUT2D eigenvalue weighted by atomic mass is 10.0. The lowest BCUT2D eigenvalue weighted by Gasteiger charge is -2.12. The number of nitrogens with one attached hydrogen (secondary N) is 2. The minimum atomic E-state index is -3.64. The first kappa shape index (κ1) is 16.6. The van der Waals surface area contributed by atoms with Crippen LogP contribution < -0.4 is 4.72 Å². The Kier molecular flexibility index (Phi) is 4.40. The largest absolute Gasteiger partial charge is 0.395 e. The number of rotatable bonds is 5. The van der Waals surface area contributed by atoms with Crippen LogP contribution in [0.3, 0.4) is 0 Å². The van der Waals surface area contributed by atoms with Crippen molar-refractivity contribution >= 4 is 21.1 Å². The number of pyridine rings is 1. The molecule has 0 unspecified atom stereocenters. The number of aliphatic hydroxyl groups is 1. The van der Waals surface area contributed by atoms with Gasteiger partial charge in [0.15, 0.2) is 0 Å². The molecule has 0 aliphatic rings. The van der Waals surface area contributed by atoms with E-state index in [4.69, 9.17) is 5.11 Å². The summed E-state index contributed by atoms with van der Waals surface area (Å²) in [7, 11) is -3.64. The molecule has 1 aromatic carbocycles. The van der Waals surface area contributed by atoms with Gasteiger partial charge >= 0.3 is 0 Å². The highest BCUT2D eigenvalue weighted by atomic mass is 32.2. The second-order valence-corrected chi connectivity index (χ2v) is 7.52. The zero-order chi connectivity index (χ0) is 17.3. The van der Waals surface area contributed by atoms with Crippen molar-refractivity contribution in [1.82, 2.24) is 14.7 Å². The van der Waals surface area contributed by atoms with Crippen LogP contribution in [0.5, 0.6) is 0 Å². The van der Waals surface area contributed by atoms with E-state index < -0.39 is 16.1 Å². The highest BCUT2D eigenvalue weighted by Crippen LogP contribution is 2.28. The van der Waals surface area contributed by atoms with Crippen LogP contribution in [-0.4, -0.2) is 36.1 Å². The van der Waals surface area contributed by atoms with E-state index in [2.05, 4.69) is 14.7 Å². The number of H-pyrrole nitrogens is 1. The number of benzene rings is 1. The van der Waals surface area contributed by atoms with Crippen LogP contribution in [0.1, 0.15) is 12.6 Å². The van der Waals surface area contributed by atoms with Crippen molar-refractivity contribution < 1.29 is 13.5 Å². The molecule has 6 nitrogen and oxygen atoms in total. The third kappa shape index (κ3) is 3.19. The molecule has 3 rings (SSSR count). The first-order valence-electron chi connectivity index (χ1n) is 7.58. The van der Waals surface area contributed by atoms with Crippen molar-refractivity contribution in [2.75, 3.05) is 6.61 Å². The van der Waals surface area contributed by atoms with E-state index in [1.165, 1.54) is 0 Å². The molecule has 0 spiro atoms. The van der Waals surface area contributed by atoms with Crippen molar-refractivity contribution in [3.63, 3.8) is 0 Å². The number of nitrogens with zero attached hydrogens (tertiary/aromatic N) is 1. The summed E-state index contributed by atoms with van der Waals surface area (Å²) in [6.07, 6.45) is 1.72. The fourth-order valence-corrected chi connectivity index (χ4v) is 3.83. The molecular weight excluding hydrogens is 326 g/mol. The monoisotopic (exact) mass is 345 g/mol. The van der Waals surface area contributed by atoms with E-state index in [1.54, 1.807) is 37.4 Å². The topological polar surface area (TPSA) is 95.1 Å². The molecule has 7 heteroatoms. The Bertz CT molecular complexity index is 962. The second-order valence-electron chi connectivity index (χ2n) is 5.80. The van der Waals surface area contributed by atoms with E-state index in [1.807, 2.05) is 19.1 Å². The molecule has 0 radical (unpaired) electrons. The normalized spacial score (nSPS) is 13.3. The third-order valence-electron chi connectivity index (χ3n) is 3.77. The van der Waals surface area contributed by atoms with Crippen molar-refractivity contribution in [1.29, 1.82) is 0 Å². The van der Waals surface area contributed by atoms with Gasteiger partial charge in [-0.1, -0.05) is 12.1 Å². The molecule has 0 saturated carbocycles. The van der Waals surface area contributed by atoms with Gasteiger partial charge in [0.25, 0.3) is 0 Å². The minimum absolute atomic E-state index is 0.169. The lowest BCUT2D eigenvalue weighted by Crippen LogP contribution is -2.34. The Labute approximate surface area is 140 Å². The number of sulfonamides is 1. The van der Waals surface area contributed by atoms with Gasteiger partial charge in [-0.2, -0.15) is 0 Å². The molecule has 3 aromatic rings. The Morgan fingerprint density at radius 2 is 1.96 bits per heavy atom. The fourth-order valence-electron chi connectivity index (χ4n) is 2.59. The molecule has 2 aromatic heterocycles. The number of hydrogen-bond donors (Lipinski definition) is 3. The number of hydrogen-bond acceptors (Lipinski definition) is 4. The SMILES string of the molecule is Cc1cc2c(-c3ccc(S(=O)(=O)N[C@@H](C)CO)cc3)ccnc2[nH]1. The molecule has 0 fully saturated rings. The number of aryl methyl sites for hydroxylation is 1. The molecule has 2 heterocycles. The van der Waals surface area contributed by atoms with E-state index in [0.29, 0.717) is 0 Å². The van der Waals surface area contributed by atoms with E-state index in [0.717, 1.165) is 27.9 Å². The molecule has 0 aliphatic carbocycles. The molecule has 0 bridgehead atoms. The lowest BCUT2D eigenvalue weighted by molar-refractivity contribution is 0.265. The first-order chi connectivity index (χ1) is 11.4. The standard InChI is InChI=1S/C17H19N3O3S/c1-11-9-16-15(7-8-18-17(16)19-11)13-3-5-14(6-4-13)24(22,23)20-12(2)10-21/h3-9,12,20-21H,10H2,1-2H3,(H,18,19)/t12-/m0/s1. The second kappa shape index (κ2) is 6.35. The van der Waals surface area contributed by atoms with Crippen LogP contribution >= 0.6 is 0 Å². The molecular formula is C17H19N3O3S. The minimum Gasteiger partial charge on any atom is -0.395 e. The van der Waals surface area contributed by atoms with Crippen LogP contribution in [0.4, 0.5) is 0 Å². The number of fused-ring (bicyclic) bond motifs is 1. The van der Waals surface area contributed by atoms with E-state index in [9.17, 15) is 8.42 Å². The van der Waals surface area contributed by atoms with Gasteiger partial charge in [0.05, 0.1) is 11.5 Å². The van der Waals surface area contributed by atoms with Gasteiger partial charge in [-0.3, -0.25) is 0 Å². The zero-order valence-electron chi connectivity index (χ0n) is 13.4. The Hall–Kier alpha value is -2.22. The van der Waals surface area contributed by atoms with Crippen LogP contribution in [0.25, 0.3) is 22.2 Å². The third-order valence-corrected chi connectivity index (χ3v) is 5.38. The number of aromatic amines is 1. The maximum absolute atomic E-state index is 12.2. The predicted octanol–water partition coefficient (Wildman–Crippen LogP) is 2.20. The van der Waals surface area contributed by atoms with Crippen molar-refractivity contribution in [2.24, 2.45) is 0 Å². The molecule has 0 amide bonds. The summed E-state index contributed by atoms with van der Waals surface area (Å²) in [5.74, 6) is 0. The van der Waals surface area contributed by atoms with Gasteiger partial charge in [0.1, 0.15) is 5.65 Å². The van der Waals surface area contributed by atoms with Crippen LogP contribution in [0, 0.1) is 6.92 Å². The van der Waals surface area contributed by atoms with Gasteiger partial charge in [-0.25, -0.2) is 18.1 Å². The van der Waals surface area contributed by atoms with Gasteiger partial charge in [-0.05, 0) is 49.2 Å². The van der Waals surface area contributed by atoms with Crippen molar-refractivity contribution in [3.05, 3.63) is 48.3 Å². The van der Waals surface area contributed by atoms with Crippen LogP contribution in [-0.2, 0) is 10.0 Å². The van der Waals surface area contributed by atoms with Crippen molar-refractivity contribution in [3.8, 4) is 11.1 Å². The molecule has 3 N–H and O–H groups in total. The van der Waals surface area contributed by atoms with Crippen LogP contribution in [0.15, 0.2) is 47.5 Å². The molecule has 126 valence electrons. The quantitative estimate of drug-likeness (QED) is 0.660. The Morgan fingerprint density at radius 3 is 2.62 bits per heavy atom. The highest BCUT2D eigenvalue weighted by Gasteiger charge is 2.17. The summed E-state index contributed by atoms with van der Waals surface area (Å²) in [6.45, 7) is 3.32. The Morgan fingerprint density at radius 1 is 1.25 bits per heavy atom. The fraction of sp³-hybridized carbons (Fsp3) is 0.235. The molecule has 0 saturated heterocycles. The van der Waals surface area contributed by atoms with Gasteiger partial charge in [0.2, 0.25) is 10.0 Å². The van der Waals surface area contributed by atoms with Gasteiger partial charge in [0, 0.05) is 23.3 Å². The predicted molar refractivity (Wildman–Crippen MR) is 93.1 cm³/mol. The molecule has 0 aliphatic heterocycles. The summed E-state index contributed by atoms with van der Waals surface area (Å²) in [4.78, 5) is 7.66. The Balaban J connectivity index is 1.97. The van der Waals surface area contributed by atoms with Gasteiger partial charge < -0.3 is 10.1 Å².